The van der Waals surface area contributed by atoms with Crippen LogP contribution in [-0.4, -0.2) is 33.0 Å². The molecule has 1 aromatic heterocycles. The van der Waals surface area contributed by atoms with E-state index in [1.54, 1.807) is 22.9 Å². The van der Waals surface area contributed by atoms with Crippen molar-refractivity contribution in [3.05, 3.63) is 46.4 Å². The Bertz CT molecular complexity index is 779. The van der Waals surface area contributed by atoms with E-state index < -0.39 is 5.54 Å². The number of nitrogens with two attached hydrogens (primary N) is 1. The van der Waals surface area contributed by atoms with Crippen molar-refractivity contribution in [1.82, 2.24) is 10.3 Å². The summed E-state index contributed by atoms with van der Waals surface area (Å²) in [5.41, 5.74) is 7.52. The summed E-state index contributed by atoms with van der Waals surface area (Å²) in [6.45, 7) is 2.72. The number of nitrogens with one attached hydrogen (secondary N) is 1. The van der Waals surface area contributed by atoms with Crippen LogP contribution in [0.5, 0.6) is 5.75 Å². The summed E-state index contributed by atoms with van der Waals surface area (Å²) >= 11 is 3.09. The number of benzene rings is 1. The number of aliphatic imine (C=N–C) groups is 1. The van der Waals surface area contributed by atoms with Crippen LogP contribution in [0.1, 0.15) is 23.8 Å². The zero-order chi connectivity index (χ0) is 17.9. The van der Waals surface area contributed by atoms with E-state index in [4.69, 9.17) is 10.7 Å². The molecule has 1 aliphatic rings. The number of aromatic hydroxyl groups is 1. The Morgan fingerprint density at radius 3 is 2.92 bits per heavy atom. The van der Waals surface area contributed by atoms with Gasteiger partial charge >= 0.3 is 0 Å². The van der Waals surface area contributed by atoms with E-state index in [1.807, 2.05) is 31.3 Å². The Balaban J connectivity index is 1.71. The minimum atomic E-state index is -0.491. The van der Waals surface area contributed by atoms with E-state index in [1.165, 1.54) is 11.8 Å². The second-order valence-corrected chi connectivity index (χ2v) is 8.06. The van der Waals surface area contributed by atoms with Crippen molar-refractivity contribution in [2.24, 2.45) is 10.7 Å². The zero-order valence-corrected chi connectivity index (χ0v) is 15.4. The quantitative estimate of drug-likeness (QED) is 0.688. The molecule has 1 amide bonds. The van der Waals surface area contributed by atoms with Crippen molar-refractivity contribution < 1.29 is 9.90 Å². The third-order valence-corrected chi connectivity index (χ3v) is 6.46. The molecule has 2 atom stereocenters. The first-order chi connectivity index (χ1) is 12.0. The van der Waals surface area contributed by atoms with Gasteiger partial charge in [0.1, 0.15) is 11.3 Å². The SMILES string of the molecule is CC1(c2cncs2)N=C(CC(N)=O)SC1NCCc1ccccc1O. The number of carbonyl (C=O) groups is 1. The molecule has 1 aliphatic heterocycles. The maximum absolute atomic E-state index is 11.3. The Labute approximate surface area is 154 Å². The van der Waals surface area contributed by atoms with Gasteiger partial charge in [0.15, 0.2) is 0 Å². The number of hydrogen-bond acceptors (Lipinski definition) is 7. The van der Waals surface area contributed by atoms with Gasteiger partial charge in [-0.1, -0.05) is 30.0 Å². The van der Waals surface area contributed by atoms with Crippen LogP contribution in [0, 0.1) is 0 Å². The van der Waals surface area contributed by atoms with Crippen LogP contribution in [0.25, 0.3) is 0 Å². The maximum Gasteiger partial charge on any atom is 0.223 e. The van der Waals surface area contributed by atoms with Gasteiger partial charge < -0.3 is 16.2 Å². The van der Waals surface area contributed by atoms with Crippen LogP contribution in [0.15, 0.2) is 41.0 Å². The molecule has 0 radical (unpaired) electrons. The number of aromatic nitrogens is 1. The van der Waals surface area contributed by atoms with Gasteiger partial charge in [-0.3, -0.25) is 14.8 Å². The molecule has 0 saturated heterocycles. The van der Waals surface area contributed by atoms with E-state index in [0.717, 1.165) is 15.5 Å². The number of amides is 1. The lowest BCUT2D eigenvalue weighted by atomic mass is 10.0. The molecule has 4 N–H and O–H groups in total. The minimum absolute atomic E-state index is 0.0202. The summed E-state index contributed by atoms with van der Waals surface area (Å²) in [6, 6.07) is 7.32. The van der Waals surface area contributed by atoms with E-state index >= 15 is 0 Å². The lowest BCUT2D eigenvalue weighted by Gasteiger charge is -2.27. The zero-order valence-electron chi connectivity index (χ0n) is 13.8. The van der Waals surface area contributed by atoms with Crippen LogP contribution in [0.3, 0.4) is 0 Å². The Kier molecular flexibility index (Phi) is 5.41. The number of phenolic OH excluding ortho intramolecular Hbond substituents is 1. The largest absolute Gasteiger partial charge is 0.508 e. The standard InChI is InChI=1S/C17H20N4O2S2/c1-17(13-9-19-10-24-13)16(25-15(21-17)8-14(18)23)20-7-6-11-4-2-3-5-12(11)22/h2-5,9-10,16,20,22H,6-8H2,1H3,(H2,18,23). The average molecular weight is 377 g/mol. The minimum Gasteiger partial charge on any atom is -0.508 e. The first-order valence-electron chi connectivity index (χ1n) is 7.92. The molecule has 8 heteroatoms. The third-order valence-electron chi connectivity index (χ3n) is 4.09. The number of carbonyl (C=O) groups excluding carboxylic acids is 1. The number of phenols is 1. The number of thiazole rings is 1. The molecule has 1 aromatic carbocycles. The molecule has 0 bridgehead atoms. The number of hydrogen-bond donors (Lipinski definition) is 3. The molecule has 6 nitrogen and oxygen atoms in total. The topological polar surface area (TPSA) is 101 Å². The highest BCUT2D eigenvalue weighted by Gasteiger charge is 2.43. The van der Waals surface area contributed by atoms with Gasteiger partial charge in [0.05, 0.1) is 27.2 Å². The van der Waals surface area contributed by atoms with Gasteiger partial charge in [0, 0.05) is 12.7 Å². The van der Waals surface area contributed by atoms with Crippen LogP contribution >= 0.6 is 23.1 Å². The molecule has 25 heavy (non-hydrogen) atoms. The van der Waals surface area contributed by atoms with E-state index in [0.29, 0.717) is 18.7 Å². The molecule has 0 fully saturated rings. The first-order valence-corrected chi connectivity index (χ1v) is 9.68. The highest BCUT2D eigenvalue weighted by Crippen LogP contribution is 2.43. The lowest BCUT2D eigenvalue weighted by Crippen LogP contribution is -2.41. The van der Waals surface area contributed by atoms with Crippen molar-refractivity contribution in [1.29, 1.82) is 0 Å². The highest BCUT2D eigenvalue weighted by molar-refractivity contribution is 8.14. The first kappa shape index (κ1) is 17.9. The number of rotatable bonds is 7. The van der Waals surface area contributed by atoms with Gasteiger partial charge in [-0.15, -0.1) is 11.3 Å². The number of thioether (sulfide) groups is 1. The van der Waals surface area contributed by atoms with Gasteiger partial charge in [0.2, 0.25) is 5.91 Å². The fraction of sp³-hybridized carbons (Fsp3) is 0.353. The summed E-state index contributed by atoms with van der Waals surface area (Å²) in [6.07, 6.45) is 2.67. The van der Waals surface area contributed by atoms with Crippen molar-refractivity contribution in [2.75, 3.05) is 6.54 Å². The second-order valence-electron chi connectivity index (χ2n) is 5.99. The molecule has 132 valence electrons. The molecule has 2 heterocycles. The van der Waals surface area contributed by atoms with Gasteiger partial charge in [0.25, 0.3) is 0 Å². The van der Waals surface area contributed by atoms with Gasteiger partial charge in [-0.2, -0.15) is 0 Å². The van der Waals surface area contributed by atoms with Crippen LogP contribution < -0.4 is 11.1 Å². The summed E-state index contributed by atoms with van der Waals surface area (Å²) in [4.78, 5) is 21.2. The molecule has 2 aromatic rings. The fourth-order valence-electron chi connectivity index (χ4n) is 2.78. The molecule has 2 unspecified atom stereocenters. The van der Waals surface area contributed by atoms with Gasteiger partial charge in [-0.25, -0.2) is 0 Å². The average Bonchev–Trinajstić information content (AvgIpc) is 3.18. The number of para-hydroxylation sites is 1. The summed E-state index contributed by atoms with van der Waals surface area (Å²) in [5.74, 6) is -0.0768. The van der Waals surface area contributed by atoms with Crippen LogP contribution in [0.4, 0.5) is 0 Å². The van der Waals surface area contributed by atoms with Crippen molar-refractivity contribution in [2.45, 2.75) is 30.7 Å². The predicted octanol–water partition coefficient (Wildman–Crippen LogP) is 2.24. The molecule has 0 spiro atoms. The van der Waals surface area contributed by atoms with Crippen LogP contribution in [0.2, 0.25) is 0 Å². The van der Waals surface area contributed by atoms with Gasteiger partial charge in [-0.05, 0) is 25.0 Å². The second kappa shape index (κ2) is 7.55. The number of nitrogens with zero attached hydrogens (tertiary/aromatic N) is 2. The smallest absolute Gasteiger partial charge is 0.223 e. The summed E-state index contributed by atoms with van der Waals surface area (Å²) in [7, 11) is 0. The Morgan fingerprint density at radius 2 is 2.24 bits per heavy atom. The summed E-state index contributed by atoms with van der Waals surface area (Å²) in [5, 5.41) is 14.1. The Hall–Kier alpha value is -1.90. The van der Waals surface area contributed by atoms with Crippen molar-refractivity contribution in [3.63, 3.8) is 0 Å². The fourth-order valence-corrected chi connectivity index (χ4v) is 4.96. The maximum atomic E-state index is 11.3. The molecular formula is C17H20N4O2S2. The van der Waals surface area contributed by atoms with Crippen LogP contribution in [-0.2, 0) is 16.8 Å². The van der Waals surface area contributed by atoms with E-state index in [9.17, 15) is 9.90 Å². The molecule has 3 rings (SSSR count). The van der Waals surface area contributed by atoms with Crippen molar-refractivity contribution >= 4 is 34.0 Å². The van der Waals surface area contributed by atoms with Crippen molar-refractivity contribution in [3.8, 4) is 5.75 Å². The lowest BCUT2D eigenvalue weighted by molar-refractivity contribution is -0.116. The Morgan fingerprint density at radius 1 is 1.44 bits per heavy atom. The monoisotopic (exact) mass is 376 g/mol. The predicted molar refractivity (Wildman–Crippen MR) is 102 cm³/mol. The van der Waals surface area contributed by atoms with E-state index in [-0.39, 0.29) is 17.7 Å². The third kappa shape index (κ3) is 4.02. The highest BCUT2D eigenvalue weighted by atomic mass is 32.2. The van der Waals surface area contributed by atoms with E-state index in [2.05, 4.69) is 10.3 Å². The summed E-state index contributed by atoms with van der Waals surface area (Å²) < 4.78 is 0. The normalized spacial score (nSPS) is 22.8. The molecule has 0 aliphatic carbocycles. The number of primary amides is 1. The molecular weight excluding hydrogens is 356 g/mol. The molecule has 0 saturated carbocycles.